The van der Waals surface area contributed by atoms with Crippen molar-refractivity contribution in [1.82, 2.24) is 10.6 Å². The van der Waals surface area contributed by atoms with E-state index < -0.39 is 24.3 Å². The van der Waals surface area contributed by atoms with Gasteiger partial charge >= 0.3 is 6.03 Å². The van der Waals surface area contributed by atoms with Crippen LogP contribution in [0.5, 0.6) is 17.2 Å². The van der Waals surface area contributed by atoms with Gasteiger partial charge in [0.25, 0.3) is 0 Å². The maximum atomic E-state index is 12.4. The molecule has 0 saturated heterocycles. The Morgan fingerprint density at radius 3 is 2.65 bits per heavy atom. The number of methoxy groups -OCH3 is 1. The molecule has 0 aliphatic carbocycles. The van der Waals surface area contributed by atoms with E-state index in [4.69, 9.17) is 18.9 Å². The zero-order chi connectivity index (χ0) is 23.9. The summed E-state index contributed by atoms with van der Waals surface area (Å²) in [6.07, 6.45) is 2.34. The Bertz CT molecular complexity index is 1040. The number of fused-ring (bicyclic) bond motifs is 1. The number of benzene rings is 2. The number of aliphatic hydroxyl groups is 1. The first-order valence-corrected chi connectivity index (χ1v) is 10.9. The van der Waals surface area contributed by atoms with E-state index in [0.717, 1.165) is 11.3 Å². The van der Waals surface area contributed by atoms with Gasteiger partial charge in [-0.05, 0) is 29.8 Å². The fourth-order valence-electron chi connectivity index (χ4n) is 3.63. The van der Waals surface area contributed by atoms with E-state index in [9.17, 15) is 14.7 Å². The van der Waals surface area contributed by atoms with E-state index in [1.807, 2.05) is 24.3 Å². The van der Waals surface area contributed by atoms with E-state index in [-0.39, 0.29) is 25.7 Å². The second-order valence-electron chi connectivity index (χ2n) is 7.80. The molecule has 34 heavy (non-hydrogen) atoms. The van der Waals surface area contributed by atoms with Gasteiger partial charge in [-0.2, -0.15) is 0 Å². The minimum atomic E-state index is -0.688. The molecule has 3 atom stereocenters. The summed E-state index contributed by atoms with van der Waals surface area (Å²) < 4.78 is 21.5. The third-order valence-corrected chi connectivity index (χ3v) is 5.43. The second-order valence-corrected chi connectivity index (χ2v) is 7.80. The number of ether oxygens (including phenoxy) is 4. The van der Waals surface area contributed by atoms with Crippen LogP contribution >= 0.6 is 0 Å². The Labute approximate surface area is 196 Å². The Hall–Kier alpha value is -3.76. The number of nitrogens with one attached hydrogen (secondary N) is 3. The van der Waals surface area contributed by atoms with Crippen LogP contribution in [0, 0.1) is 0 Å². The topological polar surface area (TPSA) is 127 Å². The quantitative estimate of drug-likeness (QED) is 0.435. The van der Waals surface area contributed by atoms with Crippen LogP contribution in [0.3, 0.4) is 0 Å². The molecule has 2 aliphatic rings. The summed E-state index contributed by atoms with van der Waals surface area (Å²) in [4.78, 5) is 24.8. The van der Waals surface area contributed by atoms with E-state index in [1.54, 1.807) is 37.5 Å². The van der Waals surface area contributed by atoms with Crippen LogP contribution in [0.25, 0.3) is 0 Å². The molecule has 4 rings (SSSR count). The zero-order valence-corrected chi connectivity index (χ0v) is 18.7. The Morgan fingerprint density at radius 2 is 1.88 bits per heavy atom. The maximum Gasteiger partial charge on any atom is 0.319 e. The summed E-state index contributed by atoms with van der Waals surface area (Å²) in [5.41, 5.74) is 1.48. The third-order valence-electron chi connectivity index (χ3n) is 5.43. The lowest BCUT2D eigenvalue weighted by atomic mass is 10.0. The lowest BCUT2D eigenvalue weighted by molar-refractivity contribution is -0.125. The number of carbonyl (C=O) groups excluding carboxylic acids is 2. The Kier molecular flexibility index (Phi) is 7.51. The van der Waals surface area contributed by atoms with Crippen molar-refractivity contribution in [2.24, 2.45) is 0 Å². The Balaban J connectivity index is 1.25. The first kappa shape index (κ1) is 23.4. The van der Waals surface area contributed by atoms with E-state index >= 15 is 0 Å². The van der Waals surface area contributed by atoms with Crippen LogP contribution in [0.2, 0.25) is 0 Å². The van der Waals surface area contributed by atoms with E-state index in [0.29, 0.717) is 23.7 Å². The molecule has 3 amide bonds. The van der Waals surface area contributed by atoms with Gasteiger partial charge in [-0.15, -0.1) is 0 Å². The van der Waals surface area contributed by atoms with Crippen molar-refractivity contribution < 1.29 is 33.6 Å². The van der Waals surface area contributed by atoms with Crippen molar-refractivity contribution in [3.63, 3.8) is 0 Å². The number of aliphatic hydroxyl groups excluding tert-OH is 1. The van der Waals surface area contributed by atoms with E-state index in [2.05, 4.69) is 16.0 Å². The molecule has 0 radical (unpaired) electrons. The molecule has 0 aromatic heterocycles. The summed E-state index contributed by atoms with van der Waals surface area (Å²) in [5.74, 6) is 1.74. The van der Waals surface area contributed by atoms with Crippen LogP contribution in [-0.2, 0) is 16.1 Å². The number of carbonyl (C=O) groups is 2. The summed E-state index contributed by atoms with van der Waals surface area (Å²) in [7, 11) is 1.60. The molecule has 0 fully saturated rings. The van der Waals surface area contributed by atoms with E-state index in [1.165, 1.54) is 0 Å². The van der Waals surface area contributed by atoms with Crippen molar-refractivity contribution in [2.75, 3.05) is 25.8 Å². The van der Waals surface area contributed by atoms with Gasteiger partial charge in [-0.3, -0.25) is 4.79 Å². The van der Waals surface area contributed by atoms with Crippen LogP contribution in [0.4, 0.5) is 10.5 Å². The highest BCUT2D eigenvalue weighted by atomic mass is 16.7. The van der Waals surface area contributed by atoms with Gasteiger partial charge in [-0.25, -0.2) is 4.79 Å². The average Bonchev–Trinajstić information content (AvgIpc) is 3.32. The van der Waals surface area contributed by atoms with Gasteiger partial charge in [0.05, 0.1) is 32.3 Å². The largest absolute Gasteiger partial charge is 0.497 e. The maximum absolute atomic E-state index is 12.4. The Morgan fingerprint density at radius 1 is 1.09 bits per heavy atom. The van der Waals surface area contributed by atoms with Gasteiger partial charge in [0.15, 0.2) is 11.5 Å². The lowest BCUT2D eigenvalue weighted by Gasteiger charge is -2.31. The van der Waals surface area contributed by atoms with Crippen molar-refractivity contribution in [2.45, 2.75) is 31.2 Å². The number of hydrogen-bond acceptors (Lipinski definition) is 7. The average molecular weight is 469 g/mol. The molecule has 2 heterocycles. The minimum Gasteiger partial charge on any atom is -0.497 e. The first-order chi connectivity index (χ1) is 16.5. The van der Waals surface area contributed by atoms with Gasteiger partial charge in [0.1, 0.15) is 11.9 Å². The van der Waals surface area contributed by atoms with Crippen molar-refractivity contribution in [1.29, 1.82) is 0 Å². The molecule has 0 saturated carbocycles. The molecule has 2 aromatic carbocycles. The number of urea groups is 1. The van der Waals surface area contributed by atoms with Crippen LogP contribution in [-0.4, -0.2) is 55.8 Å². The lowest BCUT2D eigenvalue weighted by Crippen LogP contribution is -2.50. The van der Waals surface area contributed by atoms with Crippen LogP contribution < -0.4 is 30.2 Å². The molecule has 4 N–H and O–H groups in total. The minimum absolute atomic E-state index is 0.0965. The third kappa shape index (κ3) is 5.97. The van der Waals surface area contributed by atoms with Crippen molar-refractivity contribution in [3.05, 3.63) is 60.2 Å². The molecule has 0 unspecified atom stereocenters. The smallest absolute Gasteiger partial charge is 0.319 e. The number of hydrogen-bond donors (Lipinski definition) is 4. The molecule has 10 heteroatoms. The highest BCUT2D eigenvalue weighted by molar-refractivity contribution is 5.90. The fourth-order valence-corrected chi connectivity index (χ4v) is 3.63. The SMILES string of the molecule is COc1ccc(CNC(=O)C[C@@H]2C=C[C@H](NC(=O)Nc3ccc4c(c3)OCO4)[C@@H](CO)O2)cc1. The highest BCUT2D eigenvalue weighted by Gasteiger charge is 2.29. The standard InChI is InChI=1S/C24H27N3O7/c1-31-17-5-2-15(3-6-17)12-25-23(29)11-18-7-8-19(22(13-28)34-18)27-24(30)26-16-4-9-20-21(10-16)33-14-32-20/h2-10,18-19,22,28H,11-14H2,1H3,(H,25,29)(H2,26,27,30)/t18-,19-,22+/m0/s1. The fraction of sp³-hybridized carbons (Fsp3) is 0.333. The summed E-state index contributed by atoms with van der Waals surface area (Å²) >= 11 is 0. The molecule has 2 aliphatic heterocycles. The van der Waals surface area contributed by atoms with Gasteiger partial charge < -0.3 is 40.0 Å². The predicted octanol–water partition coefficient (Wildman–Crippen LogP) is 1.94. The zero-order valence-electron chi connectivity index (χ0n) is 18.7. The molecule has 10 nitrogen and oxygen atoms in total. The summed E-state index contributed by atoms with van der Waals surface area (Å²) in [6.45, 7) is 0.213. The molecule has 0 spiro atoms. The predicted molar refractivity (Wildman–Crippen MR) is 123 cm³/mol. The molecule has 180 valence electrons. The second kappa shape index (κ2) is 10.9. The van der Waals surface area contributed by atoms with Gasteiger partial charge in [0.2, 0.25) is 12.7 Å². The molecule has 0 bridgehead atoms. The number of amides is 3. The molecular weight excluding hydrogens is 442 g/mol. The van der Waals surface area contributed by atoms with Gasteiger partial charge in [-0.1, -0.05) is 24.3 Å². The van der Waals surface area contributed by atoms with Crippen molar-refractivity contribution >= 4 is 17.6 Å². The van der Waals surface area contributed by atoms with Gasteiger partial charge in [0, 0.05) is 18.3 Å². The highest BCUT2D eigenvalue weighted by Crippen LogP contribution is 2.34. The number of anilines is 1. The van der Waals surface area contributed by atoms with Crippen LogP contribution in [0.1, 0.15) is 12.0 Å². The normalized spacial score (nSPS) is 20.5. The van der Waals surface area contributed by atoms with Crippen molar-refractivity contribution in [3.8, 4) is 17.2 Å². The molecular formula is C24H27N3O7. The number of rotatable bonds is 8. The summed E-state index contributed by atoms with van der Waals surface area (Å²) in [6, 6.07) is 11.5. The molecule has 2 aromatic rings. The summed E-state index contributed by atoms with van der Waals surface area (Å²) in [5, 5.41) is 18.1. The first-order valence-electron chi connectivity index (χ1n) is 10.9. The monoisotopic (exact) mass is 469 g/mol. The van der Waals surface area contributed by atoms with Crippen LogP contribution in [0.15, 0.2) is 54.6 Å².